The standard InChI is InChI=1S/4C11H19N2.Mo/c4*1-10(2,3)8-7-9(13-12-8)11(4,5)6;/h4*7H,1-6H3;/q4*-1;+4. The van der Waals surface area contributed by atoms with Gasteiger partial charge in [-0.15, -0.1) is 22.8 Å². The van der Waals surface area contributed by atoms with Crippen molar-refractivity contribution in [2.75, 3.05) is 0 Å². The van der Waals surface area contributed by atoms with Crippen LogP contribution in [0.5, 0.6) is 0 Å². The molecule has 0 saturated carbocycles. The van der Waals surface area contributed by atoms with E-state index in [1.807, 2.05) is 0 Å². The number of aromatic nitrogens is 8. The quantitative estimate of drug-likeness (QED) is 0.162. The Bertz CT molecular complexity index is 1280. The summed E-state index contributed by atoms with van der Waals surface area (Å²) in [6.45, 7) is 51.7. The molecule has 0 fully saturated rings. The van der Waals surface area contributed by atoms with Crippen LogP contribution in [0, 0.1) is 0 Å². The van der Waals surface area contributed by atoms with Crippen molar-refractivity contribution in [3.63, 3.8) is 0 Å². The summed E-state index contributed by atoms with van der Waals surface area (Å²) in [4.78, 5) is 0. The number of hydrogen-bond donors (Lipinski definition) is 0. The van der Waals surface area contributed by atoms with E-state index in [0.29, 0.717) is 0 Å². The zero-order valence-corrected chi connectivity index (χ0v) is 40.3. The van der Waals surface area contributed by atoms with Gasteiger partial charge in [-0.1, -0.05) is 190 Å². The molecule has 298 valence electrons. The van der Waals surface area contributed by atoms with E-state index in [1.165, 1.54) is 0 Å². The third kappa shape index (κ3) is 16.8. The maximum absolute atomic E-state index is 4.20. The Morgan fingerprint density at radius 1 is 0.264 bits per heavy atom. The van der Waals surface area contributed by atoms with Crippen LogP contribution in [-0.2, 0) is 64.4 Å². The van der Waals surface area contributed by atoms with E-state index >= 15 is 0 Å². The molecular weight excluding hydrogens is 736 g/mol. The minimum atomic E-state index is 0. The topological polar surface area (TPSA) is 108 Å². The summed E-state index contributed by atoms with van der Waals surface area (Å²) in [6.07, 6.45) is 0. The van der Waals surface area contributed by atoms with E-state index in [-0.39, 0.29) is 64.4 Å². The Hall–Kier alpha value is -2.47. The van der Waals surface area contributed by atoms with E-state index in [4.69, 9.17) is 0 Å². The maximum atomic E-state index is 4.20. The minimum Gasteiger partial charge on any atom is -0.578 e. The second-order valence-electron chi connectivity index (χ2n) is 22.5. The van der Waals surface area contributed by atoms with Gasteiger partial charge in [0.05, 0.1) is 0 Å². The normalized spacial score (nSPS) is 13.1. The van der Waals surface area contributed by atoms with E-state index in [1.54, 1.807) is 0 Å². The Morgan fingerprint density at radius 2 is 0.396 bits per heavy atom. The van der Waals surface area contributed by atoms with Crippen molar-refractivity contribution >= 4 is 0 Å². The predicted molar refractivity (Wildman–Crippen MR) is 220 cm³/mol. The maximum Gasteiger partial charge on any atom is 4.00 e. The van der Waals surface area contributed by atoms with Crippen LogP contribution in [0.2, 0.25) is 0 Å². The molecule has 0 saturated heterocycles. The van der Waals surface area contributed by atoms with Crippen LogP contribution in [-0.4, -0.2) is 20.4 Å². The molecule has 0 radical (unpaired) electrons. The molecule has 9 heteroatoms. The number of hydrogen-bond acceptors (Lipinski definition) is 4. The van der Waals surface area contributed by atoms with Gasteiger partial charge in [-0.25, -0.2) is 0 Å². The molecule has 0 N–H and O–H groups in total. The molecule has 0 aliphatic carbocycles. The van der Waals surface area contributed by atoms with Crippen molar-refractivity contribution in [2.24, 2.45) is 0 Å². The van der Waals surface area contributed by atoms with E-state index in [9.17, 15) is 0 Å². The largest absolute Gasteiger partial charge is 4.00 e. The van der Waals surface area contributed by atoms with Gasteiger partial charge in [-0.3, -0.25) is 0 Å². The molecule has 4 aromatic rings. The van der Waals surface area contributed by atoms with Crippen molar-refractivity contribution < 1.29 is 21.1 Å². The summed E-state index contributed by atoms with van der Waals surface area (Å²) in [5.41, 5.74) is 9.51. The molecule has 4 heterocycles. The van der Waals surface area contributed by atoms with Gasteiger partial charge in [0.25, 0.3) is 0 Å². The third-order valence-corrected chi connectivity index (χ3v) is 8.30. The van der Waals surface area contributed by atoms with Crippen LogP contribution in [0.15, 0.2) is 24.3 Å². The van der Waals surface area contributed by atoms with Gasteiger partial charge in [-0.05, 0) is 21.7 Å². The summed E-state index contributed by atoms with van der Waals surface area (Å²) < 4.78 is 0. The van der Waals surface area contributed by atoms with Gasteiger partial charge in [0.1, 0.15) is 0 Å². The summed E-state index contributed by atoms with van der Waals surface area (Å²) in [6, 6.07) is 8.44. The number of nitrogens with zero attached hydrogens (tertiary/aromatic N) is 8. The van der Waals surface area contributed by atoms with Gasteiger partial charge in [0, 0.05) is 44.4 Å². The molecule has 0 atom stereocenters. The van der Waals surface area contributed by atoms with Crippen LogP contribution in [0.3, 0.4) is 0 Å². The molecule has 0 aromatic carbocycles. The fraction of sp³-hybridized carbons (Fsp3) is 0.727. The summed E-state index contributed by atoms with van der Waals surface area (Å²) in [7, 11) is 0. The van der Waals surface area contributed by atoms with Crippen LogP contribution >= 0.6 is 0 Å². The monoisotopic (exact) mass is 815 g/mol. The van der Waals surface area contributed by atoms with E-state index in [2.05, 4.69) is 231 Å². The molecule has 4 aromatic heterocycles. The van der Waals surface area contributed by atoms with Crippen molar-refractivity contribution in [3.05, 3.63) is 69.8 Å². The van der Waals surface area contributed by atoms with Crippen LogP contribution in [0.25, 0.3) is 0 Å². The first kappa shape index (κ1) is 50.5. The Kier molecular flexibility index (Phi) is 16.7. The van der Waals surface area contributed by atoms with Crippen LogP contribution < -0.4 is 20.4 Å². The first-order valence-electron chi connectivity index (χ1n) is 18.9. The smallest absolute Gasteiger partial charge is 0.578 e. The second-order valence-corrected chi connectivity index (χ2v) is 22.5. The van der Waals surface area contributed by atoms with Crippen molar-refractivity contribution in [2.45, 2.75) is 209 Å². The van der Waals surface area contributed by atoms with E-state index in [0.717, 1.165) is 45.6 Å². The molecule has 4 rings (SSSR count). The average Bonchev–Trinajstić information content (AvgIpc) is 3.72. The SMILES string of the molecule is CC(C)(C)c1cc(C(C)(C)C)[n-]n1.CC(C)(C)c1cc(C(C)(C)C)[n-]n1.CC(C)(C)c1cc(C(C)(C)C)[n-]n1.CC(C)(C)c1cc(C(C)(C)C)[n-]n1.[Mo+4]. The Balaban J connectivity index is 0.000000676. The molecule has 0 unspecified atom stereocenters. The second kappa shape index (κ2) is 17.5. The first-order valence-corrected chi connectivity index (χ1v) is 18.9. The van der Waals surface area contributed by atoms with Gasteiger partial charge in [-0.2, -0.15) is 0 Å². The third-order valence-electron chi connectivity index (χ3n) is 8.30. The summed E-state index contributed by atoms with van der Waals surface area (Å²) >= 11 is 0. The fourth-order valence-corrected chi connectivity index (χ4v) is 4.11. The van der Waals surface area contributed by atoms with Crippen LogP contribution in [0.1, 0.15) is 212 Å². The molecule has 53 heavy (non-hydrogen) atoms. The fourth-order valence-electron chi connectivity index (χ4n) is 4.11. The van der Waals surface area contributed by atoms with Crippen molar-refractivity contribution in [1.29, 1.82) is 0 Å². The first-order chi connectivity index (χ1) is 22.8. The Morgan fingerprint density at radius 3 is 0.453 bits per heavy atom. The summed E-state index contributed by atoms with van der Waals surface area (Å²) in [5.74, 6) is 0. The summed E-state index contributed by atoms with van der Waals surface area (Å²) in [5, 5.41) is 33.6. The molecule has 0 amide bonds. The minimum absolute atomic E-state index is 0. The zero-order chi connectivity index (χ0) is 41.1. The molecule has 0 spiro atoms. The molecule has 0 bridgehead atoms. The Labute approximate surface area is 339 Å². The van der Waals surface area contributed by atoms with E-state index < -0.39 is 0 Å². The predicted octanol–water partition coefficient (Wildman–Crippen LogP) is 10.5. The number of rotatable bonds is 0. The van der Waals surface area contributed by atoms with Gasteiger partial charge in [0.15, 0.2) is 0 Å². The van der Waals surface area contributed by atoms with Gasteiger partial charge < -0.3 is 40.8 Å². The molecule has 0 aliphatic rings. The van der Waals surface area contributed by atoms with Gasteiger partial charge >= 0.3 is 21.1 Å². The van der Waals surface area contributed by atoms with Crippen molar-refractivity contribution in [3.8, 4) is 0 Å². The van der Waals surface area contributed by atoms with Crippen LogP contribution in [0.4, 0.5) is 0 Å². The van der Waals surface area contributed by atoms with Crippen molar-refractivity contribution in [1.82, 2.24) is 40.8 Å². The molecular formula is C44H76MoN8. The van der Waals surface area contributed by atoms with Gasteiger partial charge in [0.2, 0.25) is 0 Å². The average molecular weight is 813 g/mol. The molecule has 0 aliphatic heterocycles. The molecule has 8 nitrogen and oxygen atoms in total. The zero-order valence-electron chi connectivity index (χ0n) is 38.3.